The number of aromatic hydroxyl groups is 1. The molecule has 4 N–H and O–H groups in total. The average Bonchev–Trinajstić information content (AvgIpc) is 3.20. The van der Waals surface area contributed by atoms with Gasteiger partial charge in [0.15, 0.2) is 5.13 Å². The van der Waals surface area contributed by atoms with Crippen LogP contribution in [-0.2, 0) is 11.2 Å². The molecule has 166 valence electrons. The van der Waals surface area contributed by atoms with E-state index in [0.29, 0.717) is 30.8 Å². The Balaban J connectivity index is 1.37. The number of carbonyl (C=O) groups excluding carboxylic acids is 3. The van der Waals surface area contributed by atoms with E-state index < -0.39 is 11.7 Å². The van der Waals surface area contributed by atoms with E-state index in [0.717, 1.165) is 11.3 Å². The van der Waals surface area contributed by atoms with Crippen LogP contribution in [0.4, 0.5) is 9.52 Å². The first-order chi connectivity index (χ1) is 15.4. The first-order valence-electron chi connectivity index (χ1n) is 9.76. The van der Waals surface area contributed by atoms with Crippen molar-refractivity contribution in [3.8, 4) is 5.75 Å². The van der Waals surface area contributed by atoms with Crippen molar-refractivity contribution in [3.63, 3.8) is 0 Å². The normalized spacial score (nSPS) is 10.4. The number of nitrogens with zero attached hydrogens (tertiary/aromatic N) is 1. The molecule has 0 fully saturated rings. The third-order valence-electron chi connectivity index (χ3n) is 4.30. The monoisotopic (exact) mass is 456 g/mol. The number of phenolic OH excluding ortho intramolecular Hbond substituents is 1. The van der Waals surface area contributed by atoms with Crippen LogP contribution in [0.1, 0.15) is 32.8 Å². The van der Waals surface area contributed by atoms with Gasteiger partial charge < -0.3 is 15.7 Å². The van der Waals surface area contributed by atoms with Gasteiger partial charge in [0.1, 0.15) is 11.6 Å². The largest absolute Gasteiger partial charge is 0.508 e. The van der Waals surface area contributed by atoms with Gasteiger partial charge in [-0.05, 0) is 36.8 Å². The Morgan fingerprint density at radius 1 is 1.00 bits per heavy atom. The fraction of sp³-hybridized carbons (Fsp3) is 0.182. The molecule has 10 heteroatoms. The van der Waals surface area contributed by atoms with Gasteiger partial charge in [-0.3, -0.25) is 19.7 Å². The number of aromatic nitrogens is 1. The zero-order chi connectivity index (χ0) is 22.9. The highest BCUT2D eigenvalue weighted by atomic mass is 32.1. The average molecular weight is 456 g/mol. The minimum absolute atomic E-state index is 0.0157. The van der Waals surface area contributed by atoms with E-state index >= 15 is 0 Å². The van der Waals surface area contributed by atoms with E-state index in [1.165, 1.54) is 30.3 Å². The molecule has 3 amide bonds. The highest BCUT2D eigenvalue weighted by Gasteiger charge is 2.14. The molecule has 32 heavy (non-hydrogen) atoms. The summed E-state index contributed by atoms with van der Waals surface area (Å²) in [6.07, 6.45) is 0.555. The van der Waals surface area contributed by atoms with E-state index in [1.54, 1.807) is 23.6 Å². The molecule has 3 aromatic rings. The first kappa shape index (κ1) is 22.9. The molecule has 1 aromatic heterocycles. The van der Waals surface area contributed by atoms with Crippen LogP contribution in [0, 0.1) is 5.82 Å². The Morgan fingerprint density at radius 2 is 1.78 bits per heavy atom. The Morgan fingerprint density at radius 3 is 2.56 bits per heavy atom. The van der Waals surface area contributed by atoms with Crippen LogP contribution in [0.5, 0.6) is 5.75 Å². The van der Waals surface area contributed by atoms with E-state index in [-0.39, 0.29) is 34.7 Å². The summed E-state index contributed by atoms with van der Waals surface area (Å²) < 4.78 is 13.7. The van der Waals surface area contributed by atoms with E-state index in [1.807, 2.05) is 0 Å². The topological polar surface area (TPSA) is 120 Å². The Kier molecular flexibility index (Phi) is 7.87. The molecule has 0 radical (unpaired) electrons. The summed E-state index contributed by atoms with van der Waals surface area (Å²) in [5.41, 5.74) is 0.752. The number of thiazole rings is 1. The van der Waals surface area contributed by atoms with Gasteiger partial charge in [0, 0.05) is 24.0 Å². The molecule has 0 spiro atoms. The standard InChI is InChI=1S/C22H21FN4O4S/c23-18-8-2-1-7-17(18)21(31)27-22-26-15(13-32-22)12-19(29)24-9-4-10-25-20(30)14-5-3-6-16(28)11-14/h1-3,5-8,11,13,28H,4,9-10,12H2,(H,24,29)(H,25,30)(H,26,27,31). The molecule has 0 aliphatic rings. The summed E-state index contributed by atoms with van der Waals surface area (Å²) in [4.78, 5) is 40.3. The minimum atomic E-state index is -0.626. The van der Waals surface area contributed by atoms with Gasteiger partial charge in [-0.2, -0.15) is 0 Å². The first-order valence-corrected chi connectivity index (χ1v) is 10.6. The number of phenols is 1. The summed E-state index contributed by atoms with van der Waals surface area (Å²) in [6.45, 7) is 0.720. The van der Waals surface area contributed by atoms with Crippen LogP contribution in [0.25, 0.3) is 0 Å². The van der Waals surface area contributed by atoms with Crippen molar-refractivity contribution in [1.82, 2.24) is 15.6 Å². The number of carbonyl (C=O) groups is 3. The third kappa shape index (κ3) is 6.61. The zero-order valence-corrected chi connectivity index (χ0v) is 17.7. The lowest BCUT2D eigenvalue weighted by Gasteiger charge is -2.07. The maximum Gasteiger partial charge on any atom is 0.260 e. The molecule has 8 nitrogen and oxygen atoms in total. The zero-order valence-electron chi connectivity index (χ0n) is 16.9. The second-order valence-electron chi connectivity index (χ2n) is 6.76. The van der Waals surface area contributed by atoms with Crippen LogP contribution in [0.3, 0.4) is 0 Å². The molecule has 0 saturated heterocycles. The van der Waals surface area contributed by atoms with E-state index in [9.17, 15) is 23.9 Å². The second-order valence-corrected chi connectivity index (χ2v) is 7.62. The van der Waals surface area contributed by atoms with Gasteiger partial charge in [0.05, 0.1) is 17.7 Å². The van der Waals surface area contributed by atoms with Gasteiger partial charge in [-0.15, -0.1) is 11.3 Å². The number of rotatable bonds is 9. The lowest BCUT2D eigenvalue weighted by molar-refractivity contribution is -0.120. The number of hydrogen-bond acceptors (Lipinski definition) is 6. The van der Waals surface area contributed by atoms with Gasteiger partial charge in [-0.25, -0.2) is 9.37 Å². The summed E-state index contributed by atoms with van der Waals surface area (Å²) in [5, 5.41) is 19.3. The SMILES string of the molecule is O=C(Cc1csc(NC(=O)c2ccccc2F)n1)NCCCNC(=O)c1cccc(O)c1. The highest BCUT2D eigenvalue weighted by Crippen LogP contribution is 2.18. The van der Waals surface area contributed by atoms with Crippen LogP contribution >= 0.6 is 11.3 Å². The second kappa shape index (κ2) is 11.0. The van der Waals surface area contributed by atoms with Crippen molar-refractivity contribution in [2.75, 3.05) is 18.4 Å². The molecule has 0 aliphatic carbocycles. The molecule has 3 rings (SSSR count). The number of benzene rings is 2. The van der Waals surface area contributed by atoms with Gasteiger partial charge in [0.2, 0.25) is 5.91 Å². The molecule has 0 aliphatic heterocycles. The van der Waals surface area contributed by atoms with Crippen LogP contribution in [-0.4, -0.2) is 40.9 Å². The molecular weight excluding hydrogens is 435 g/mol. The van der Waals surface area contributed by atoms with Crippen molar-refractivity contribution in [1.29, 1.82) is 0 Å². The smallest absolute Gasteiger partial charge is 0.260 e. The van der Waals surface area contributed by atoms with Crippen molar-refractivity contribution >= 4 is 34.2 Å². The predicted molar refractivity (Wildman–Crippen MR) is 118 cm³/mol. The van der Waals surface area contributed by atoms with Gasteiger partial charge in [0.25, 0.3) is 11.8 Å². The maximum atomic E-state index is 13.7. The molecule has 0 saturated carbocycles. The molecule has 2 aromatic carbocycles. The Hall–Kier alpha value is -3.79. The number of anilines is 1. The minimum Gasteiger partial charge on any atom is -0.508 e. The lowest BCUT2D eigenvalue weighted by atomic mass is 10.2. The summed E-state index contributed by atoms with van der Waals surface area (Å²) in [6, 6.07) is 11.7. The van der Waals surface area contributed by atoms with Crippen LogP contribution < -0.4 is 16.0 Å². The predicted octanol–water partition coefficient (Wildman–Crippen LogP) is 2.72. The quantitative estimate of drug-likeness (QED) is 0.369. The van der Waals surface area contributed by atoms with Gasteiger partial charge in [-0.1, -0.05) is 18.2 Å². The van der Waals surface area contributed by atoms with E-state index in [4.69, 9.17) is 0 Å². The third-order valence-corrected chi connectivity index (χ3v) is 5.11. The number of hydrogen-bond donors (Lipinski definition) is 4. The van der Waals surface area contributed by atoms with Crippen molar-refractivity contribution in [2.45, 2.75) is 12.8 Å². The molecule has 0 atom stereocenters. The van der Waals surface area contributed by atoms with Crippen LogP contribution in [0.15, 0.2) is 53.9 Å². The fourth-order valence-corrected chi connectivity index (χ4v) is 3.46. The molecule has 0 bridgehead atoms. The van der Waals surface area contributed by atoms with E-state index in [2.05, 4.69) is 20.9 Å². The Bertz CT molecular complexity index is 1120. The highest BCUT2D eigenvalue weighted by molar-refractivity contribution is 7.14. The summed E-state index contributed by atoms with van der Waals surface area (Å²) in [5.74, 6) is -1.77. The van der Waals surface area contributed by atoms with Crippen molar-refractivity contribution < 1.29 is 23.9 Å². The summed E-state index contributed by atoms with van der Waals surface area (Å²) in [7, 11) is 0. The van der Waals surface area contributed by atoms with Crippen molar-refractivity contribution in [2.24, 2.45) is 0 Å². The maximum absolute atomic E-state index is 13.7. The Labute approximate surface area is 187 Å². The summed E-state index contributed by atoms with van der Waals surface area (Å²) >= 11 is 1.14. The molecule has 1 heterocycles. The molecular formula is C22H21FN4O4S. The molecule has 0 unspecified atom stereocenters. The van der Waals surface area contributed by atoms with Crippen molar-refractivity contribution in [3.05, 3.63) is 76.5 Å². The van der Waals surface area contributed by atoms with Crippen LogP contribution in [0.2, 0.25) is 0 Å². The lowest BCUT2D eigenvalue weighted by Crippen LogP contribution is -2.30. The fourth-order valence-electron chi connectivity index (χ4n) is 2.75. The van der Waals surface area contributed by atoms with Gasteiger partial charge >= 0.3 is 0 Å². The number of amides is 3. The number of halogens is 1. The number of nitrogens with one attached hydrogen (secondary N) is 3.